The number of hydrogen-bond acceptors (Lipinski definition) is 4. The first-order valence-electron chi connectivity index (χ1n) is 5.84. The number of hydrogen-bond donors (Lipinski definition) is 1. The van der Waals surface area contributed by atoms with E-state index in [2.05, 4.69) is 28.7 Å². The molecule has 88 valence electrons. The summed E-state index contributed by atoms with van der Waals surface area (Å²) in [7, 11) is 0. The van der Waals surface area contributed by atoms with Crippen molar-refractivity contribution in [2.45, 2.75) is 27.7 Å². The van der Waals surface area contributed by atoms with Crippen LogP contribution in [0.1, 0.15) is 25.2 Å². The van der Waals surface area contributed by atoms with Crippen LogP contribution in [0.2, 0.25) is 0 Å². The lowest BCUT2D eigenvalue weighted by molar-refractivity contribution is 0.494. The molecule has 1 saturated heterocycles. The van der Waals surface area contributed by atoms with E-state index in [1.165, 1.54) is 0 Å². The standard InChI is InChI=1S/C12H20N4/c1-7-5-16(6-8(7)2)12-9(3)11(13)14-10(4)15-12/h7-8H,5-6H2,1-4H3,(H2,13,14,15). The Hall–Kier alpha value is -1.32. The summed E-state index contributed by atoms with van der Waals surface area (Å²) >= 11 is 0. The average Bonchev–Trinajstić information content (AvgIpc) is 2.53. The Labute approximate surface area is 96.9 Å². The number of rotatable bonds is 1. The van der Waals surface area contributed by atoms with E-state index in [1.807, 2.05) is 13.8 Å². The second kappa shape index (κ2) is 3.92. The molecule has 1 fully saturated rings. The van der Waals surface area contributed by atoms with Crippen LogP contribution in [0.5, 0.6) is 0 Å². The Bertz CT molecular complexity index is 392. The van der Waals surface area contributed by atoms with Gasteiger partial charge in [-0.25, -0.2) is 9.97 Å². The fourth-order valence-corrected chi connectivity index (χ4v) is 2.25. The molecular weight excluding hydrogens is 200 g/mol. The molecule has 1 aromatic heterocycles. The summed E-state index contributed by atoms with van der Waals surface area (Å²) in [6.45, 7) is 10.6. The molecule has 0 bridgehead atoms. The lowest BCUT2D eigenvalue weighted by Gasteiger charge is -2.20. The van der Waals surface area contributed by atoms with Gasteiger partial charge in [-0.05, 0) is 25.7 Å². The zero-order valence-corrected chi connectivity index (χ0v) is 10.5. The summed E-state index contributed by atoms with van der Waals surface area (Å²) in [5.74, 6) is 3.81. The summed E-state index contributed by atoms with van der Waals surface area (Å²) in [6.07, 6.45) is 0. The van der Waals surface area contributed by atoms with E-state index >= 15 is 0 Å². The van der Waals surface area contributed by atoms with Gasteiger partial charge in [0, 0.05) is 18.7 Å². The van der Waals surface area contributed by atoms with Crippen LogP contribution < -0.4 is 10.6 Å². The quantitative estimate of drug-likeness (QED) is 0.783. The van der Waals surface area contributed by atoms with Crippen LogP contribution in [-0.2, 0) is 0 Å². The first-order chi connectivity index (χ1) is 7.49. The molecule has 0 aromatic carbocycles. The molecule has 1 aliphatic rings. The predicted octanol–water partition coefficient (Wildman–Crippen LogP) is 1.77. The van der Waals surface area contributed by atoms with Crippen molar-refractivity contribution in [1.82, 2.24) is 9.97 Å². The van der Waals surface area contributed by atoms with E-state index in [9.17, 15) is 0 Å². The van der Waals surface area contributed by atoms with Gasteiger partial charge in [0.2, 0.25) is 0 Å². The number of aryl methyl sites for hydroxylation is 1. The number of nitrogen functional groups attached to an aromatic ring is 1. The number of nitrogens with two attached hydrogens (primary N) is 1. The van der Waals surface area contributed by atoms with Gasteiger partial charge in [0.15, 0.2) is 0 Å². The molecular formula is C12H20N4. The minimum absolute atomic E-state index is 0.606. The highest BCUT2D eigenvalue weighted by Gasteiger charge is 2.28. The normalized spacial score (nSPS) is 25.1. The highest BCUT2D eigenvalue weighted by molar-refractivity contribution is 5.57. The fourth-order valence-electron chi connectivity index (χ4n) is 2.25. The number of anilines is 2. The van der Waals surface area contributed by atoms with Crippen LogP contribution in [-0.4, -0.2) is 23.1 Å². The van der Waals surface area contributed by atoms with Crippen molar-refractivity contribution in [1.29, 1.82) is 0 Å². The summed E-state index contributed by atoms with van der Waals surface area (Å²) in [5.41, 5.74) is 6.89. The van der Waals surface area contributed by atoms with Gasteiger partial charge < -0.3 is 10.6 Å². The van der Waals surface area contributed by atoms with E-state index in [0.29, 0.717) is 5.82 Å². The van der Waals surface area contributed by atoms with Gasteiger partial charge in [0.05, 0.1) is 0 Å². The van der Waals surface area contributed by atoms with Gasteiger partial charge in [-0.2, -0.15) is 0 Å². The van der Waals surface area contributed by atoms with Gasteiger partial charge >= 0.3 is 0 Å². The Balaban J connectivity index is 2.34. The van der Waals surface area contributed by atoms with Gasteiger partial charge in [0.25, 0.3) is 0 Å². The molecule has 2 N–H and O–H groups in total. The van der Waals surface area contributed by atoms with Crippen molar-refractivity contribution in [3.63, 3.8) is 0 Å². The minimum atomic E-state index is 0.606. The summed E-state index contributed by atoms with van der Waals surface area (Å²) < 4.78 is 0. The summed E-state index contributed by atoms with van der Waals surface area (Å²) in [4.78, 5) is 11.0. The van der Waals surface area contributed by atoms with Crippen molar-refractivity contribution in [3.05, 3.63) is 11.4 Å². The molecule has 1 aliphatic heterocycles. The van der Waals surface area contributed by atoms with Gasteiger partial charge in [0.1, 0.15) is 17.5 Å². The van der Waals surface area contributed by atoms with Crippen molar-refractivity contribution >= 4 is 11.6 Å². The molecule has 1 aromatic rings. The second-order valence-corrected chi connectivity index (χ2v) is 4.96. The molecule has 0 radical (unpaired) electrons. The van der Waals surface area contributed by atoms with E-state index in [1.54, 1.807) is 0 Å². The predicted molar refractivity (Wildman–Crippen MR) is 66.5 cm³/mol. The van der Waals surface area contributed by atoms with Crippen LogP contribution in [0.25, 0.3) is 0 Å². The molecule has 0 spiro atoms. The maximum absolute atomic E-state index is 5.88. The molecule has 2 heterocycles. The third-order valence-electron chi connectivity index (χ3n) is 3.56. The van der Waals surface area contributed by atoms with Crippen molar-refractivity contribution in [2.24, 2.45) is 11.8 Å². The summed E-state index contributed by atoms with van der Waals surface area (Å²) in [5, 5.41) is 0. The molecule has 0 aliphatic carbocycles. The first kappa shape index (κ1) is 11.2. The first-order valence-corrected chi connectivity index (χ1v) is 5.84. The van der Waals surface area contributed by atoms with Gasteiger partial charge in [-0.15, -0.1) is 0 Å². The maximum Gasteiger partial charge on any atom is 0.137 e. The van der Waals surface area contributed by atoms with Crippen LogP contribution in [0, 0.1) is 25.7 Å². The Kier molecular flexibility index (Phi) is 2.74. The number of aromatic nitrogens is 2. The lowest BCUT2D eigenvalue weighted by atomic mass is 10.0. The van der Waals surface area contributed by atoms with Crippen LogP contribution in [0.4, 0.5) is 11.6 Å². The lowest BCUT2D eigenvalue weighted by Crippen LogP contribution is -2.23. The van der Waals surface area contributed by atoms with E-state index in [0.717, 1.165) is 42.1 Å². The largest absolute Gasteiger partial charge is 0.383 e. The smallest absolute Gasteiger partial charge is 0.137 e. The van der Waals surface area contributed by atoms with Crippen LogP contribution in [0.3, 0.4) is 0 Å². The second-order valence-electron chi connectivity index (χ2n) is 4.96. The summed E-state index contributed by atoms with van der Waals surface area (Å²) in [6, 6.07) is 0. The van der Waals surface area contributed by atoms with Crippen molar-refractivity contribution < 1.29 is 0 Å². The van der Waals surface area contributed by atoms with Crippen molar-refractivity contribution in [3.8, 4) is 0 Å². The SMILES string of the molecule is Cc1nc(N)c(C)c(N2CC(C)C(C)C2)n1. The third-order valence-corrected chi connectivity index (χ3v) is 3.56. The third kappa shape index (κ3) is 1.84. The molecule has 16 heavy (non-hydrogen) atoms. The minimum Gasteiger partial charge on any atom is -0.383 e. The topological polar surface area (TPSA) is 55.0 Å². The van der Waals surface area contributed by atoms with E-state index in [-0.39, 0.29) is 0 Å². The average molecular weight is 220 g/mol. The molecule has 0 amide bonds. The monoisotopic (exact) mass is 220 g/mol. The van der Waals surface area contributed by atoms with Gasteiger partial charge in [-0.1, -0.05) is 13.8 Å². The van der Waals surface area contributed by atoms with Gasteiger partial charge in [-0.3, -0.25) is 0 Å². The molecule has 2 unspecified atom stereocenters. The number of nitrogens with zero attached hydrogens (tertiary/aromatic N) is 3. The molecule has 2 rings (SSSR count). The molecule has 4 heteroatoms. The Morgan fingerprint density at radius 1 is 1.12 bits per heavy atom. The van der Waals surface area contributed by atoms with E-state index < -0.39 is 0 Å². The zero-order chi connectivity index (χ0) is 11.9. The highest BCUT2D eigenvalue weighted by atomic mass is 15.2. The fraction of sp³-hybridized carbons (Fsp3) is 0.667. The molecule has 4 nitrogen and oxygen atoms in total. The molecule has 2 atom stereocenters. The van der Waals surface area contributed by atoms with Crippen LogP contribution in [0.15, 0.2) is 0 Å². The maximum atomic E-state index is 5.88. The zero-order valence-electron chi connectivity index (χ0n) is 10.5. The highest BCUT2D eigenvalue weighted by Crippen LogP contribution is 2.29. The van der Waals surface area contributed by atoms with Crippen LogP contribution >= 0.6 is 0 Å². The molecule has 0 saturated carbocycles. The Morgan fingerprint density at radius 3 is 2.25 bits per heavy atom. The Morgan fingerprint density at radius 2 is 1.69 bits per heavy atom. The van der Waals surface area contributed by atoms with Crippen molar-refractivity contribution in [2.75, 3.05) is 23.7 Å². The van der Waals surface area contributed by atoms with E-state index in [4.69, 9.17) is 5.73 Å².